The first-order valence-corrected chi connectivity index (χ1v) is 9.29. The van der Waals surface area contributed by atoms with Gasteiger partial charge in [0, 0.05) is 11.1 Å². The van der Waals surface area contributed by atoms with Crippen molar-refractivity contribution in [3.63, 3.8) is 0 Å². The Balaban J connectivity index is 1.62. The van der Waals surface area contributed by atoms with Gasteiger partial charge in [-0.2, -0.15) is 0 Å². The van der Waals surface area contributed by atoms with Crippen LogP contribution in [-0.2, 0) is 4.79 Å². The van der Waals surface area contributed by atoms with Crippen molar-refractivity contribution in [1.82, 2.24) is 5.32 Å². The number of para-hydroxylation sites is 1. The number of nitrogens with one attached hydrogen (secondary N) is 3. The van der Waals surface area contributed by atoms with Gasteiger partial charge in [-0.15, -0.1) is 0 Å². The molecule has 0 heterocycles. The molecule has 0 radical (unpaired) electrons. The van der Waals surface area contributed by atoms with Crippen LogP contribution in [0.3, 0.4) is 0 Å². The molecule has 1 aliphatic carbocycles. The van der Waals surface area contributed by atoms with Crippen LogP contribution in [0.5, 0.6) is 0 Å². The Labute approximate surface area is 162 Å². The van der Waals surface area contributed by atoms with Crippen molar-refractivity contribution in [2.75, 3.05) is 17.2 Å². The van der Waals surface area contributed by atoms with Gasteiger partial charge in [0.2, 0.25) is 5.91 Å². The maximum absolute atomic E-state index is 13.7. The van der Waals surface area contributed by atoms with Crippen LogP contribution in [0.25, 0.3) is 0 Å². The summed E-state index contributed by atoms with van der Waals surface area (Å²) in [6, 6.07) is 11.1. The van der Waals surface area contributed by atoms with Gasteiger partial charge in [0.05, 0.1) is 23.5 Å². The molecule has 27 heavy (non-hydrogen) atoms. The van der Waals surface area contributed by atoms with E-state index < -0.39 is 11.7 Å². The zero-order chi connectivity index (χ0) is 19.2. The van der Waals surface area contributed by atoms with Gasteiger partial charge in [0.15, 0.2) is 0 Å². The Kier molecular flexibility index (Phi) is 6.29. The zero-order valence-electron chi connectivity index (χ0n) is 14.7. The Morgan fingerprint density at radius 3 is 2.59 bits per heavy atom. The minimum absolute atomic E-state index is 0.143. The number of anilines is 2. The SMILES string of the molecule is O=C(CNc1cc(Cl)ccc1F)Nc1ccccc1C(=O)NC1CCCC1. The highest BCUT2D eigenvalue weighted by molar-refractivity contribution is 6.30. The standard InChI is InChI=1S/C20H21ClFN3O2/c21-13-9-10-16(22)18(11-13)23-12-19(26)25-17-8-4-3-7-15(17)20(27)24-14-5-1-2-6-14/h3-4,7-11,14,23H,1-2,5-6,12H2,(H,24,27)(H,25,26). The van der Waals surface area contributed by atoms with E-state index in [0.29, 0.717) is 16.3 Å². The van der Waals surface area contributed by atoms with E-state index in [1.165, 1.54) is 18.2 Å². The van der Waals surface area contributed by atoms with Gasteiger partial charge in [-0.05, 0) is 43.2 Å². The summed E-state index contributed by atoms with van der Waals surface area (Å²) >= 11 is 5.84. The second-order valence-corrected chi connectivity index (χ2v) is 6.96. The molecule has 0 saturated heterocycles. The van der Waals surface area contributed by atoms with Crippen LogP contribution in [0.2, 0.25) is 5.02 Å². The third-order valence-corrected chi connectivity index (χ3v) is 4.74. The van der Waals surface area contributed by atoms with Crippen molar-refractivity contribution in [2.45, 2.75) is 31.7 Å². The lowest BCUT2D eigenvalue weighted by molar-refractivity contribution is -0.114. The second kappa shape index (κ2) is 8.86. The fraction of sp³-hybridized carbons (Fsp3) is 0.300. The Morgan fingerprint density at radius 2 is 1.81 bits per heavy atom. The Morgan fingerprint density at radius 1 is 1.07 bits per heavy atom. The second-order valence-electron chi connectivity index (χ2n) is 6.53. The Hall–Kier alpha value is -2.60. The molecular weight excluding hydrogens is 369 g/mol. The third-order valence-electron chi connectivity index (χ3n) is 4.50. The summed E-state index contributed by atoms with van der Waals surface area (Å²) in [5.74, 6) is -1.09. The number of benzene rings is 2. The molecule has 1 fully saturated rings. The summed E-state index contributed by atoms with van der Waals surface area (Å²) in [5.41, 5.74) is 0.975. The normalized spacial score (nSPS) is 14.0. The van der Waals surface area contributed by atoms with Crippen LogP contribution in [0.1, 0.15) is 36.0 Å². The number of hydrogen-bond acceptors (Lipinski definition) is 3. The number of hydrogen-bond donors (Lipinski definition) is 3. The monoisotopic (exact) mass is 389 g/mol. The largest absolute Gasteiger partial charge is 0.374 e. The van der Waals surface area contributed by atoms with E-state index in [0.717, 1.165) is 25.7 Å². The predicted octanol–water partition coefficient (Wildman–Crippen LogP) is 4.20. The Bertz CT molecular complexity index is 838. The molecule has 0 aliphatic heterocycles. The minimum Gasteiger partial charge on any atom is -0.374 e. The fourth-order valence-corrected chi connectivity index (χ4v) is 3.30. The van der Waals surface area contributed by atoms with Crippen LogP contribution >= 0.6 is 11.6 Å². The first-order chi connectivity index (χ1) is 13.0. The van der Waals surface area contributed by atoms with E-state index in [-0.39, 0.29) is 24.2 Å². The maximum Gasteiger partial charge on any atom is 0.253 e. The lowest BCUT2D eigenvalue weighted by Gasteiger charge is -2.15. The number of carbonyl (C=O) groups is 2. The molecule has 2 amide bonds. The topological polar surface area (TPSA) is 70.2 Å². The molecule has 0 unspecified atom stereocenters. The summed E-state index contributed by atoms with van der Waals surface area (Å²) < 4.78 is 13.7. The molecule has 7 heteroatoms. The van der Waals surface area contributed by atoms with Gasteiger partial charge in [-0.1, -0.05) is 36.6 Å². The highest BCUT2D eigenvalue weighted by atomic mass is 35.5. The lowest BCUT2D eigenvalue weighted by atomic mass is 10.1. The lowest BCUT2D eigenvalue weighted by Crippen LogP contribution is -2.33. The molecule has 0 spiro atoms. The van der Waals surface area contributed by atoms with Crippen LogP contribution < -0.4 is 16.0 Å². The van der Waals surface area contributed by atoms with Gasteiger partial charge in [0.1, 0.15) is 5.82 Å². The van der Waals surface area contributed by atoms with Crippen molar-refractivity contribution < 1.29 is 14.0 Å². The van der Waals surface area contributed by atoms with Crippen LogP contribution in [-0.4, -0.2) is 24.4 Å². The van der Waals surface area contributed by atoms with Gasteiger partial charge >= 0.3 is 0 Å². The minimum atomic E-state index is -0.497. The summed E-state index contributed by atoms with van der Waals surface area (Å²) in [7, 11) is 0. The number of halogens is 2. The molecule has 1 saturated carbocycles. The predicted molar refractivity (Wildman–Crippen MR) is 105 cm³/mol. The quantitative estimate of drug-likeness (QED) is 0.693. The maximum atomic E-state index is 13.7. The van der Waals surface area contributed by atoms with E-state index >= 15 is 0 Å². The molecule has 2 aromatic rings. The van der Waals surface area contributed by atoms with Crippen molar-refractivity contribution >= 4 is 34.8 Å². The zero-order valence-corrected chi connectivity index (χ0v) is 15.5. The molecule has 3 N–H and O–H groups in total. The molecule has 2 aromatic carbocycles. The van der Waals surface area contributed by atoms with Crippen molar-refractivity contribution in [3.05, 3.63) is 58.9 Å². The van der Waals surface area contributed by atoms with Crippen molar-refractivity contribution in [1.29, 1.82) is 0 Å². The molecule has 3 rings (SSSR count). The van der Waals surface area contributed by atoms with Crippen molar-refractivity contribution in [2.24, 2.45) is 0 Å². The van der Waals surface area contributed by atoms with Gasteiger partial charge < -0.3 is 16.0 Å². The fourth-order valence-electron chi connectivity index (χ4n) is 3.13. The van der Waals surface area contributed by atoms with Gasteiger partial charge in [-0.25, -0.2) is 4.39 Å². The number of amides is 2. The van der Waals surface area contributed by atoms with Gasteiger partial charge in [0.25, 0.3) is 5.91 Å². The van der Waals surface area contributed by atoms with E-state index in [4.69, 9.17) is 11.6 Å². The summed E-state index contributed by atoms with van der Waals surface area (Å²) in [5, 5.41) is 8.79. The smallest absolute Gasteiger partial charge is 0.253 e. The third kappa shape index (κ3) is 5.20. The molecule has 0 atom stereocenters. The summed E-state index contributed by atoms with van der Waals surface area (Å²) in [6.45, 7) is -0.157. The summed E-state index contributed by atoms with van der Waals surface area (Å²) in [6.07, 6.45) is 4.20. The van der Waals surface area contributed by atoms with Crippen LogP contribution in [0, 0.1) is 5.82 Å². The van der Waals surface area contributed by atoms with Gasteiger partial charge in [-0.3, -0.25) is 9.59 Å². The van der Waals surface area contributed by atoms with E-state index in [9.17, 15) is 14.0 Å². The number of carbonyl (C=O) groups excluding carboxylic acids is 2. The number of rotatable bonds is 6. The van der Waals surface area contributed by atoms with Crippen molar-refractivity contribution in [3.8, 4) is 0 Å². The highest BCUT2D eigenvalue weighted by Gasteiger charge is 2.20. The first-order valence-electron chi connectivity index (χ1n) is 8.91. The molecule has 0 bridgehead atoms. The van der Waals surface area contributed by atoms with Crippen LogP contribution in [0.15, 0.2) is 42.5 Å². The molecule has 1 aliphatic rings. The average Bonchev–Trinajstić information content (AvgIpc) is 3.16. The molecule has 0 aromatic heterocycles. The van der Waals surface area contributed by atoms with E-state index in [1.807, 2.05) is 0 Å². The van der Waals surface area contributed by atoms with E-state index in [2.05, 4.69) is 16.0 Å². The van der Waals surface area contributed by atoms with E-state index in [1.54, 1.807) is 24.3 Å². The molecule has 142 valence electrons. The molecular formula is C20H21ClFN3O2. The molecule has 5 nitrogen and oxygen atoms in total. The summed E-state index contributed by atoms with van der Waals surface area (Å²) in [4.78, 5) is 24.8. The average molecular weight is 390 g/mol. The van der Waals surface area contributed by atoms with Crippen LogP contribution in [0.4, 0.5) is 15.8 Å². The first kappa shape index (κ1) is 19.2. The highest BCUT2D eigenvalue weighted by Crippen LogP contribution is 2.21.